The summed E-state index contributed by atoms with van der Waals surface area (Å²) >= 11 is 0. The summed E-state index contributed by atoms with van der Waals surface area (Å²) in [6.45, 7) is 4.04. The van der Waals surface area contributed by atoms with Crippen molar-refractivity contribution >= 4 is 15.7 Å². The number of aryl methyl sites for hydroxylation is 1. The molecule has 3 aromatic carbocycles. The van der Waals surface area contributed by atoms with Crippen LogP contribution in [-0.4, -0.2) is 12.7 Å². The zero-order chi connectivity index (χ0) is 26.2. The van der Waals surface area contributed by atoms with Crippen molar-refractivity contribution in [3.63, 3.8) is 0 Å². The molecule has 7 heteroatoms. The van der Waals surface area contributed by atoms with Gasteiger partial charge in [0.05, 0.1) is 22.7 Å². The molecule has 0 saturated heterocycles. The number of hydrogen-bond donors (Lipinski definition) is 0. The number of sulfonamides is 1. The Kier molecular flexibility index (Phi) is 9.37. The summed E-state index contributed by atoms with van der Waals surface area (Å²) in [7, 11) is -4.01. The molecule has 0 aliphatic heterocycles. The van der Waals surface area contributed by atoms with Gasteiger partial charge in [0.25, 0.3) is 10.0 Å². The highest BCUT2D eigenvalue weighted by Gasteiger charge is 2.31. The summed E-state index contributed by atoms with van der Waals surface area (Å²) in [5, 5.41) is 0. The molecule has 0 saturated carbocycles. The third-order valence-corrected chi connectivity index (χ3v) is 7.72. The van der Waals surface area contributed by atoms with Gasteiger partial charge >= 0.3 is 6.18 Å². The van der Waals surface area contributed by atoms with Crippen molar-refractivity contribution in [2.75, 3.05) is 0 Å². The molecule has 0 spiro atoms. The fraction of sp³-hybridized carbons (Fsp3) is 0.310. The lowest BCUT2D eigenvalue weighted by Crippen LogP contribution is -2.29. The van der Waals surface area contributed by atoms with E-state index in [4.69, 9.17) is 0 Å². The van der Waals surface area contributed by atoms with Crippen LogP contribution in [0.25, 0.3) is 5.70 Å². The molecule has 0 aromatic heterocycles. The summed E-state index contributed by atoms with van der Waals surface area (Å²) in [5.41, 5.74) is 1.73. The molecule has 0 aliphatic carbocycles. The number of rotatable bonds is 11. The first-order valence-corrected chi connectivity index (χ1v) is 13.6. The van der Waals surface area contributed by atoms with Gasteiger partial charge in [0.2, 0.25) is 0 Å². The number of alkyl halides is 3. The number of hydrogen-bond acceptors (Lipinski definition) is 2. The molecule has 0 atom stereocenters. The normalized spacial score (nSPS) is 12.5. The molecular formula is C29H32F3NO2S. The van der Waals surface area contributed by atoms with E-state index in [1.807, 2.05) is 43.3 Å². The van der Waals surface area contributed by atoms with Crippen LogP contribution in [0.1, 0.15) is 61.3 Å². The quantitative estimate of drug-likeness (QED) is 0.241. The average Bonchev–Trinajstić information content (AvgIpc) is 2.86. The van der Waals surface area contributed by atoms with E-state index in [0.717, 1.165) is 48.9 Å². The molecule has 0 heterocycles. The van der Waals surface area contributed by atoms with Crippen LogP contribution < -0.4 is 0 Å². The van der Waals surface area contributed by atoms with Crippen molar-refractivity contribution in [3.8, 4) is 0 Å². The van der Waals surface area contributed by atoms with Crippen LogP contribution in [0.15, 0.2) is 89.8 Å². The van der Waals surface area contributed by atoms with Crippen LogP contribution >= 0.6 is 0 Å². The molecule has 36 heavy (non-hydrogen) atoms. The third-order valence-electron chi connectivity index (χ3n) is 5.95. The minimum atomic E-state index is -4.47. The van der Waals surface area contributed by atoms with Crippen LogP contribution in [0, 0.1) is 6.92 Å². The Morgan fingerprint density at radius 1 is 0.861 bits per heavy atom. The predicted octanol–water partition coefficient (Wildman–Crippen LogP) is 8.22. The maximum absolute atomic E-state index is 13.9. The van der Waals surface area contributed by atoms with E-state index in [2.05, 4.69) is 6.92 Å². The highest BCUT2D eigenvalue weighted by molar-refractivity contribution is 7.89. The van der Waals surface area contributed by atoms with E-state index in [1.165, 1.54) is 16.4 Å². The average molecular weight is 516 g/mol. The van der Waals surface area contributed by atoms with Gasteiger partial charge in [0, 0.05) is 0 Å². The van der Waals surface area contributed by atoms with Crippen molar-refractivity contribution in [1.29, 1.82) is 0 Å². The van der Waals surface area contributed by atoms with Crippen LogP contribution in [0.2, 0.25) is 0 Å². The van der Waals surface area contributed by atoms with Crippen LogP contribution in [0.4, 0.5) is 13.2 Å². The Morgan fingerprint density at radius 3 is 2.08 bits per heavy atom. The molecular weight excluding hydrogens is 483 g/mol. The molecule has 0 N–H and O–H groups in total. The number of benzene rings is 3. The monoisotopic (exact) mass is 515 g/mol. The van der Waals surface area contributed by atoms with Gasteiger partial charge in [-0.25, -0.2) is 8.42 Å². The van der Waals surface area contributed by atoms with Gasteiger partial charge in [-0.05, 0) is 55.2 Å². The van der Waals surface area contributed by atoms with Crippen LogP contribution in [0.3, 0.4) is 0 Å². The molecule has 0 fully saturated rings. The summed E-state index contributed by atoms with van der Waals surface area (Å²) in [4.78, 5) is 0.132. The minimum Gasteiger partial charge on any atom is -0.262 e. The summed E-state index contributed by atoms with van der Waals surface area (Å²) in [5.74, 6) is 0. The molecule has 192 valence electrons. The smallest absolute Gasteiger partial charge is 0.262 e. The van der Waals surface area contributed by atoms with Gasteiger partial charge < -0.3 is 0 Å². The van der Waals surface area contributed by atoms with Gasteiger partial charge in [-0.1, -0.05) is 92.4 Å². The molecule has 0 radical (unpaired) electrons. The van der Waals surface area contributed by atoms with Crippen molar-refractivity contribution in [1.82, 2.24) is 4.31 Å². The summed E-state index contributed by atoms with van der Waals surface area (Å²) in [6, 6.07) is 20.5. The van der Waals surface area contributed by atoms with Gasteiger partial charge in [-0.2, -0.15) is 13.2 Å². The molecule has 0 unspecified atom stereocenters. The summed E-state index contributed by atoms with van der Waals surface area (Å²) in [6.07, 6.45) is 1.98. The second-order valence-electron chi connectivity index (χ2n) is 8.82. The molecule has 3 aromatic rings. The SMILES string of the molecule is CCCCCC/C=C(\c1ccc(C(F)(F)F)cc1)N(Cc1ccccc1)S(=O)(=O)c1ccc(C)cc1. The number of nitrogens with zero attached hydrogens (tertiary/aromatic N) is 1. The van der Waals surface area contributed by atoms with E-state index in [-0.39, 0.29) is 11.4 Å². The lowest BCUT2D eigenvalue weighted by molar-refractivity contribution is -0.137. The maximum atomic E-state index is 13.9. The van der Waals surface area contributed by atoms with Crippen LogP contribution in [-0.2, 0) is 22.7 Å². The third kappa shape index (κ3) is 7.23. The van der Waals surface area contributed by atoms with Gasteiger partial charge in [0.1, 0.15) is 0 Å². The zero-order valence-electron chi connectivity index (χ0n) is 20.6. The van der Waals surface area contributed by atoms with Crippen molar-refractivity contribution < 1.29 is 21.6 Å². The Hall–Kier alpha value is -3.06. The number of unbranched alkanes of at least 4 members (excludes halogenated alkanes) is 4. The largest absolute Gasteiger partial charge is 0.416 e. The van der Waals surface area contributed by atoms with E-state index in [0.29, 0.717) is 17.7 Å². The summed E-state index contributed by atoms with van der Waals surface area (Å²) < 4.78 is 68.8. The standard InChI is InChI=1S/C29H32F3NO2S/c1-3-4-5-6-10-13-28(25-16-18-26(19-17-25)29(30,31)32)33(22-24-11-8-7-9-12-24)36(34,35)27-20-14-23(2)15-21-27/h7-9,11-21H,3-6,10,22H2,1-2H3/b28-13+. The lowest BCUT2D eigenvalue weighted by Gasteiger charge is -2.28. The fourth-order valence-corrected chi connectivity index (χ4v) is 5.38. The predicted molar refractivity (Wildman–Crippen MR) is 139 cm³/mol. The zero-order valence-corrected chi connectivity index (χ0v) is 21.4. The van der Waals surface area contributed by atoms with Gasteiger partial charge in [0.15, 0.2) is 0 Å². The first-order valence-electron chi connectivity index (χ1n) is 12.1. The Bertz CT molecular complexity index is 1230. The van der Waals surface area contributed by atoms with Crippen LogP contribution in [0.5, 0.6) is 0 Å². The molecule has 0 amide bonds. The van der Waals surface area contributed by atoms with E-state index in [1.54, 1.807) is 24.3 Å². The lowest BCUT2D eigenvalue weighted by atomic mass is 10.1. The van der Waals surface area contributed by atoms with Gasteiger partial charge in [-0.3, -0.25) is 4.31 Å². The number of allylic oxidation sites excluding steroid dienone is 1. The maximum Gasteiger partial charge on any atom is 0.416 e. The van der Waals surface area contributed by atoms with E-state index >= 15 is 0 Å². The first kappa shape index (κ1) is 27.5. The van der Waals surface area contributed by atoms with E-state index in [9.17, 15) is 21.6 Å². The van der Waals surface area contributed by atoms with Crippen molar-refractivity contribution in [3.05, 3.63) is 107 Å². The second kappa shape index (κ2) is 12.3. The van der Waals surface area contributed by atoms with E-state index < -0.39 is 21.8 Å². The highest BCUT2D eigenvalue weighted by Crippen LogP contribution is 2.33. The topological polar surface area (TPSA) is 37.4 Å². The minimum absolute atomic E-state index is 0.0544. The number of halogens is 3. The Morgan fingerprint density at radius 2 is 1.50 bits per heavy atom. The molecule has 3 nitrogen and oxygen atoms in total. The Balaban J connectivity index is 2.11. The molecule has 0 bridgehead atoms. The molecule has 3 rings (SSSR count). The van der Waals surface area contributed by atoms with Crippen molar-refractivity contribution in [2.24, 2.45) is 0 Å². The molecule has 0 aliphatic rings. The second-order valence-corrected chi connectivity index (χ2v) is 10.7. The highest BCUT2D eigenvalue weighted by atomic mass is 32.2. The van der Waals surface area contributed by atoms with Crippen molar-refractivity contribution in [2.45, 2.75) is 63.6 Å². The van der Waals surface area contributed by atoms with Gasteiger partial charge in [-0.15, -0.1) is 0 Å². The Labute approximate surface area is 212 Å². The first-order chi connectivity index (χ1) is 17.1. The fourth-order valence-electron chi connectivity index (χ4n) is 3.89.